The molecule has 1 amide bonds. The summed E-state index contributed by atoms with van der Waals surface area (Å²) >= 11 is 1.59. The summed E-state index contributed by atoms with van der Waals surface area (Å²) in [5.74, 6) is 0.273. The average Bonchev–Trinajstić information content (AvgIpc) is 3.27. The van der Waals surface area contributed by atoms with Crippen molar-refractivity contribution < 1.29 is 17.9 Å². The number of carbonyl (C=O) groups is 1. The third kappa shape index (κ3) is 5.33. The Morgan fingerprint density at radius 1 is 1.27 bits per heavy atom. The number of carbonyl (C=O) groups excluding carboxylic acids is 1. The molecule has 1 aromatic heterocycles. The zero-order valence-electron chi connectivity index (χ0n) is 17.4. The fourth-order valence-electron chi connectivity index (χ4n) is 3.59. The Morgan fingerprint density at radius 3 is 2.67 bits per heavy atom. The lowest BCUT2D eigenvalue weighted by atomic mass is 9.99. The van der Waals surface area contributed by atoms with Crippen molar-refractivity contribution in [1.29, 1.82) is 0 Å². The van der Waals surface area contributed by atoms with Crippen LogP contribution in [0.2, 0.25) is 0 Å². The number of piperidine rings is 1. The molecule has 3 rings (SSSR count). The van der Waals surface area contributed by atoms with Crippen molar-refractivity contribution >= 4 is 33.1 Å². The minimum Gasteiger partial charge on any atom is -0.494 e. The number of amides is 1. The molecule has 0 unspecified atom stereocenters. The molecule has 30 heavy (non-hydrogen) atoms. The maximum absolute atomic E-state index is 13.3. The molecule has 1 aromatic carbocycles. The Bertz CT molecular complexity index is 914. The fraction of sp³-hybridized carbons (Fsp3) is 0.476. The van der Waals surface area contributed by atoms with Gasteiger partial charge in [0.25, 0.3) is 0 Å². The smallest absolute Gasteiger partial charge is 0.304 e. The summed E-state index contributed by atoms with van der Waals surface area (Å²) in [6.07, 6.45) is 1.36. The molecule has 2 aromatic rings. The topological polar surface area (TPSA) is 79.0 Å². The minimum atomic E-state index is -3.73. The van der Waals surface area contributed by atoms with Crippen LogP contribution in [0.1, 0.15) is 31.6 Å². The third-order valence-electron chi connectivity index (χ3n) is 5.10. The number of benzene rings is 1. The van der Waals surface area contributed by atoms with Gasteiger partial charge < -0.3 is 10.1 Å². The third-order valence-corrected chi connectivity index (χ3v) is 7.99. The number of nitrogens with one attached hydrogen (secondary N) is 1. The van der Waals surface area contributed by atoms with E-state index in [2.05, 4.69) is 5.32 Å². The summed E-state index contributed by atoms with van der Waals surface area (Å²) in [7, 11) is -3.73. The van der Waals surface area contributed by atoms with Gasteiger partial charge in [-0.15, -0.1) is 11.3 Å². The molecule has 1 aliphatic heterocycles. The highest BCUT2D eigenvalue weighted by Crippen LogP contribution is 2.27. The summed E-state index contributed by atoms with van der Waals surface area (Å²) in [6.45, 7) is 5.67. The van der Waals surface area contributed by atoms with Gasteiger partial charge in [0.15, 0.2) is 0 Å². The predicted molar refractivity (Wildman–Crippen MR) is 120 cm³/mol. The van der Waals surface area contributed by atoms with Crippen LogP contribution in [0.4, 0.5) is 5.69 Å². The molecule has 7 nitrogen and oxygen atoms in total. The first kappa shape index (κ1) is 22.6. The number of hydrogen-bond acceptors (Lipinski definition) is 5. The lowest BCUT2D eigenvalue weighted by Gasteiger charge is -2.35. The van der Waals surface area contributed by atoms with E-state index >= 15 is 0 Å². The summed E-state index contributed by atoms with van der Waals surface area (Å²) in [5, 5.41) is 4.91. The molecule has 164 valence electrons. The van der Waals surface area contributed by atoms with Gasteiger partial charge in [0.2, 0.25) is 5.91 Å². The highest BCUT2D eigenvalue weighted by molar-refractivity contribution is 7.90. The predicted octanol–water partition coefficient (Wildman–Crippen LogP) is 3.25. The number of ether oxygens (including phenoxy) is 1. The molecule has 1 saturated heterocycles. The van der Waals surface area contributed by atoms with Crippen LogP contribution in [0, 0.1) is 5.92 Å². The van der Waals surface area contributed by atoms with Gasteiger partial charge in [-0.05, 0) is 62.4 Å². The Morgan fingerprint density at radius 2 is 2.03 bits per heavy atom. The number of nitrogens with zero attached hydrogens (tertiary/aromatic N) is 2. The second-order valence-electron chi connectivity index (χ2n) is 7.09. The summed E-state index contributed by atoms with van der Waals surface area (Å²) < 4.78 is 34.9. The van der Waals surface area contributed by atoms with Crippen molar-refractivity contribution in [2.24, 2.45) is 5.92 Å². The zero-order valence-corrected chi connectivity index (χ0v) is 19.0. The molecule has 1 atom stereocenters. The van der Waals surface area contributed by atoms with Crippen LogP contribution in [0.5, 0.6) is 5.75 Å². The van der Waals surface area contributed by atoms with Gasteiger partial charge >= 0.3 is 10.2 Å². The molecule has 9 heteroatoms. The number of rotatable bonds is 9. The van der Waals surface area contributed by atoms with Gasteiger partial charge in [-0.25, -0.2) is 0 Å². The Kier molecular flexibility index (Phi) is 7.74. The number of thiophene rings is 1. The summed E-state index contributed by atoms with van der Waals surface area (Å²) in [5.41, 5.74) is 0.588. The van der Waals surface area contributed by atoms with E-state index in [1.807, 2.05) is 31.4 Å². The van der Waals surface area contributed by atoms with Crippen molar-refractivity contribution in [3.63, 3.8) is 0 Å². The summed E-state index contributed by atoms with van der Waals surface area (Å²) in [4.78, 5) is 13.7. The fourth-order valence-corrected chi connectivity index (χ4v) is 5.96. The second kappa shape index (κ2) is 10.3. The monoisotopic (exact) mass is 451 g/mol. The van der Waals surface area contributed by atoms with Crippen LogP contribution < -0.4 is 14.4 Å². The van der Waals surface area contributed by atoms with Crippen molar-refractivity contribution in [2.45, 2.75) is 33.2 Å². The largest absolute Gasteiger partial charge is 0.494 e. The standard InChI is InChI=1S/C21H29N3O4S2/c1-3-24(18-9-11-19(12-10-18)28-4-2)30(26,27)23-13-5-7-17(16-23)21(25)22-15-20-8-6-14-29-20/h6,8-12,14,17H,3-5,7,13,15-16H2,1-2H3,(H,22,25)/t17-/m1/s1. The zero-order chi connectivity index (χ0) is 21.6. The molecule has 0 saturated carbocycles. The van der Waals surface area contributed by atoms with Gasteiger partial charge in [0, 0.05) is 24.5 Å². The van der Waals surface area contributed by atoms with Gasteiger partial charge in [0.1, 0.15) is 5.75 Å². The van der Waals surface area contributed by atoms with E-state index in [0.29, 0.717) is 50.5 Å². The quantitative estimate of drug-likeness (QED) is 0.635. The molecule has 1 fully saturated rings. The first-order chi connectivity index (χ1) is 14.5. The van der Waals surface area contributed by atoms with Crippen molar-refractivity contribution in [3.05, 3.63) is 46.7 Å². The normalized spacial score (nSPS) is 17.5. The van der Waals surface area contributed by atoms with E-state index in [-0.39, 0.29) is 18.4 Å². The lowest BCUT2D eigenvalue weighted by molar-refractivity contribution is -0.126. The summed E-state index contributed by atoms with van der Waals surface area (Å²) in [6, 6.07) is 11.0. The second-order valence-corrected chi connectivity index (χ2v) is 9.98. The van der Waals surface area contributed by atoms with E-state index in [1.54, 1.807) is 35.6 Å². The minimum absolute atomic E-state index is 0.0904. The molecule has 0 bridgehead atoms. The SMILES string of the molecule is CCOc1ccc(N(CC)S(=O)(=O)N2CCC[C@@H](C(=O)NCc3cccs3)C2)cc1. The van der Waals surface area contributed by atoms with Gasteiger partial charge in [-0.3, -0.25) is 9.10 Å². The van der Waals surface area contributed by atoms with Crippen molar-refractivity contribution in [3.8, 4) is 5.75 Å². The molecule has 1 N–H and O–H groups in total. The molecule has 0 aliphatic carbocycles. The Labute approximate surface area is 182 Å². The lowest BCUT2D eigenvalue weighted by Crippen LogP contribution is -2.50. The first-order valence-corrected chi connectivity index (χ1v) is 12.5. The average molecular weight is 452 g/mol. The van der Waals surface area contributed by atoms with Crippen LogP contribution in [-0.4, -0.2) is 44.9 Å². The molecule has 0 radical (unpaired) electrons. The number of hydrogen-bond donors (Lipinski definition) is 1. The molecule has 2 heterocycles. The van der Waals surface area contributed by atoms with Crippen LogP contribution in [0.3, 0.4) is 0 Å². The van der Waals surface area contributed by atoms with E-state index in [9.17, 15) is 13.2 Å². The van der Waals surface area contributed by atoms with Gasteiger partial charge in [-0.2, -0.15) is 12.7 Å². The van der Waals surface area contributed by atoms with Crippen LogP contribution in [0.15, 0.2) is 41.8 Å². The highest BCUT2D eigenvalue weighted by atomic mass is 32.2. The molecule has 1 aliphatic rings. The highest BCUT2D eigenvalue weighted by Gasteiger charge is 2.35. The van der Waals surface area contributed by atoms with Crippen LogP contribution >= 0.6 is 11.3 Å². The molecule has 0 spiro atoms. The van der Waals surface area contributed by atoms with E-state index in [0.717, 1.165) is 4.88 Å². The van der Waals surface area contributed by atoms with E-state index in [4.69, 9.17) is 4.74 Å². The number of anilines is 1. The van der Waals surface area contributed by atoms with E-state index < -0.39 is 10.2 Å². The first-order valence-electron chi connectivity index (χ1n) is 10.3. The Balaban J connectivity index is 1.68. The van der Waals surface area contributed by atoms with Crippen LogP contribution in [0.25, 0.3) is 0 Å². The van der Waals surface area contributed by atoms with Gasteiger partial charge in [-0.1, -0.05) is 6.07 Å². The van der Waals surface area contributed by atoms with E-state index in [1.165, 1.54) is 8.61 Å². The maximum atomic E-state index is 13.3. The van der Waals surface area contributed by atoms with Gasteiger partial charge in [0.05, 0.1) is 24.8 Å². The van der Waals surface area contributed by atoms with Crippen molar-refractivity contribution in [1.82, 2.24) is 9.62 Å². The molecular weight excluding hydrogens is 422 g/mol. The maximum Gasteiger partial charge on any atom is 0.304 e. The van der Waals surface area contributed by atoms with Crippen molar-refractivity contribution in [2.75, 3.05) is 30.5 Å². The Hall–Kier alpha value is -2.10. The molecular formula is C21H29N3O4S2. The van der Waals surface area contributed by atoms with Crippen LogP contribution in [-0.2, 0) is 21.5 Å².